The number of carboxylic acids is 1. The van der Waals surface area contributed by atoms with Gasteiger partial charge in [-0.05, 0) is 73.8 Å². The molecule has 4 rings (SSSR count). The summed E-state index contributed by atoms with van der Waals surface area (Å²) in [4.78, 5) is 10.6. The summed E-state index contributed by atoms with van der Waals surface area (Å²) in [5, 5.41) is 8.66. The SMILES string of the molecule is O=C(O)COC1CC(c2ccc(-c3cc(OC4CCCC4)ccc3F)cc2)C1. The van der Waals surface area contributed by atoms with Crippen LogP contribution in [0.2, 0.25) is 0 Å². The molecule has 28 heavy (non-hydrogen) atoms. The summed E-state index contributed by atoms with van der Waals surface area (Å²) in [6.07, 6.45) is 6.45. The van der Waals surface area contributed by atoms with Crippen molar-refractivity contribution in [2.75, 3.05) is 6.61 Å². The molecule has 2 saturated carbocycles. The standard InChI is InChI=1S/C23H25FO4/c24-22-10-9-19(28-18-3-1-2-4-18)13-21(22)16-7-5-15(6-8-16)17-11-20(12-17)27-14-23(25)26/h5-10,13,17-18,20H,1-4,11-12,14H2,(H,25,26). The van der Waals surface area contributed by atoms with Gasteiger partial charge in [0, 0.05) is 5.56 Å². The molecule has 0 saturated heterocycles. The summed E-state index contributed by atoms with van der Waals surface area (Å²) in [5.41, 5.74) is 2.56. The third-order valence-electron chi connectivity index (χ3n) is 5.77. The zero-order valence-electron chi connectivity index (χ0n) is 15.8. The summed E-state index contributed by atoms with van der Waals surface area (Å²) in [5.74, 6) is -0.0919. The molecular weight excluding hydrogens is 359 g/mol. The van der Waals surface area contributed by atoms with Crippen molar-refractivity contribution in [1.29, 1.82) is 0 Å². The topological polar surface area (TPSA) is 55.8 Å². The first-order chi connectivity index (χ1) is 13.6. The maximum atomic E-state index is 14.4. The van der Waals surface area contributed by atoms with Gasteiger partial charge in [-0.15, -0.1) is 0 Å². The van der Waals surface area contributed by atoms with Gasteiger partial charge in [0.15, 0.2) is 0 Å². The van der Waals surface area contributed by atoms with E-state index in [1.54, 1.807) is 12.1 Å². The monoisotopic (exact) mass is 384 g/mol. The molecule has 0 unspecified atom stereocenters. The fraction of sp³-hybridized carbons (Fsp3) is 0.435. The number of ether oxygens (including phenoxy) is 2. The molecular formula is C23H25FO4. The Morgan fingerprint density at radius 3 is 2.43 bits per heavy atom. The average molecular weight is 384 g/mol. The van der Waals surface area contributed by atoms with Gasteiger partial charge < -0.3 is 14.6 Å². The van der Waals surface area contributed by atoms with E-state index in [1.807, 2.05) is 24.3 Å². The number of hydrogen-bond donors (Lipinski definition) is 1. The fourth-order valence-corrected chi connectivity index (χ4v) is 4.10. The number of hydrogen-bond acceptors (Lipinski definition) is 3. The molecule has 148 valence electrons. The maximum absolute atomic E-state index is 14.4. The Bertz CT molecular complexity index is 821. The first-order valence-electron chi connectivity index (χ1n) is 9.98. The van der Waals surface area contributed by atoms with Gasteiger partial charge in [-0.2, -0.15) is 0 Å². The van der Waals surface area contributed by atoms with E-state index in [0.29, 0.717) is 11.5 Å². The Kier molecular flexibility index (Phi) is 5.62. The quantitative estimate of drug-likeness (QED) is 0.716. The van der Waals surface area contributed by atoms with Crippen LogP contribution in [0.1, 0.15) is 50.0 Å². The highest BCUT2D eigenvalue weighted by atomic mass is 19.1. The molecule has 0 aliphatic heterocycles. The Morgan fingerprint density at radius 2 is 1.75 bits per heavy atom. The van der Waals surface area contributed by atoms with Crippen molar-refractivity contribution in [3.8, 4) is 16.9 Å². The first-order valence-corrected chi connectivity index (χ1v) is 9.98. The van der Waals surface area contributed by atoms with Crippen LogP contribution in [0.4, 0.5) is 4.39 Å². The Balaban J connectivity index is 1.40. The lowest BCUT2D eigenvalue weighted by atomic mass is 9.77. The van der Waals surface area contributed by atoms with Crippen LogP contribution in [0.5, 0.6) is 5.75 Å². The molecule has 2 aromatic carbocycles. The summed E-state index contributed by atoms with van der Waals surface area (Å²) in [6.45, 7) is -0.241. The van der Waals surface area contributed by atoms with Crippen LogP contribution in [0.15, 0.2) is 42.5 Å². The van der Waals surface area contributed by atoms with Crippen LogP contribution in [0.3, 0.4) is 0 Å². The summed E-state index contributed by atoms with van der Waals surface area (Å²) < 4.78 is 25.7. The maximum Gasteiger partial charge on any atom is 0.329 e. The predicted octanol–water partition coefficient (Wildman–Crippen LogP) is 5.16. The van der Waals surface area contributed by atoms with Gasteiger partial charge in [-0.3, -0.25) is 0 Å². The van der Waals surface area contributed by atoms with Crippen LogP contribution >= 0.6 is 0 Å². The minimum Gasteiger partial charge on any atom is -0.490 e. The summed E-state index contributed by atoms with van der Waals surface area (Å²) in [7, 11) is 0. The van der Waals surface area contributed by atoms with Crippen molar-refractivity contribution < 1.29 is 23.8 Å². The van der Waals surface area contributed by atoms with E-state index in [4.69, 9.17) is 14.6 Å². The molecule has 2 fully saturated rings. The molecule has 0 aromatic heterocycles. The van der Waals surface area contributed by atoms with Crippen LogP contribution in [0, 0.1) is 5.82 Å². The molecule has 0 spiro atoms. The number of rotatable bonds is 7. The molecule has 0 heterocycles. The number of carboxylic acid groups (broad SMARTS) is 1. The molecule has 2 aliphatic carbocycles. The molecule has 1 N–H and O–H groups in total. The molecule has 0 atom stereocenters. The van der Waals surface area contributed by atoms with Crippen molar-refractivity contribution >= 4 is 5.97 Å². The average Bonchev–Trinajstić information content (AvgIpc) is 3.15. The van der Waals surface area contributed by atoms with Gasteiger partial charge in [0.25, 0.3) is 0 Å². The molecule has 4 nitrogen and oxygen atoms in total. The van der Waals surface area contributed by atoms with Crippen molar-refractivity contribution in [3.05, 3.63) is 53.8 Å². The molecule has 5 heteroatoms. The second kappa shape index (κ2) is 8.31. The number of benzene rings is 2. The van der Waals surface area contributed by atoms with Crippen LogP contribution in [0.25, 0.3) is 11.1 Å². The number of aliphatic carboxylic acids is 1. The third-order valence-corrected chi connectivity index (χ3v) is 5.77. The first kappa shape index (κ1) is 18.9. The van der Waals surface area contributed by atoms with Crippen molar-refractivity contribution in [1.82, 2.24) is 0 Å². The van der Waals surface area contributed by atoms with E-state index in [-0.39, 0.29) is 24.6 Å². The minimum absolute atomic E-state index is 0.0163. The van der Waals surface area contributed by atoms with Gasteiger partial charge in [0.1, 0.15) is 18.2 Å². The second-order valence-electron chi connectivity index (χ2n) is 7.78. The van der Waals surface area contributed by atoms with E-state index < -0.39 is 5.97 Å². The molecule has 0 radical (unpaired) electrons. The lowest BCUT2D eigenvalue weighted by molar-refractivity contribution is -0.146. The van der Waals surface area contributed by atoms with Gasteiger partial charge in [-0.1, -0.05) is 24.3 Å². The minimum atomic E-state index is -0.936. The third kappa shape index (κ3) is 4.36. The Labute approximate surface area is 164 Å². The number of halogens is 1. The highest BCUT2D eigenvalue weighted by Gasteiger charge is 2.31. The van der Waals surface area contributed by atoms with Gasteiger partial charge in [0.2, 0.25) is 0 Å². The lowest BCUT2D eigenvalue weighted by Gasteiger charge is -2.35. The highest BCUT2D eigenvalue weighted by molar-refractivity contribution is 5.68. The van der Waals surface area contributed by atoms with E-state index in [2.05, 4.69) is 0 Å². The van der Waals surface area contributed by atoms with Crippen molar-refractivity contribution in [3.63, 3.8) is 0 Å². The highest BCUT2D eigenvalue weighted by Crippen LogP contribution is 2.39. The molecule has 0 bridgehead atoms. The van der Waals surface area contributed by atoms with Gasteiger partial charge in [0.05, 0.1) is 12.2 Å². The zero-order valence-corrected chi connectivity index (χ0v) is 15.8. The summed E-state index contributed by atoms with van der Waals surface area (Å²) >= 11 is 0. The van der Waals surface area contributed by atoms with Crippen LogP contribution < -0.4 is 4.74 Å². The smallest absolute Gasteiger partial charge is 0.329 e. The second-order valence-corrected chi connectivity index (χ2v) is 7.78. The lowest BCUT2D eigenvalue weighted by Crippen LogP contribution is -2.31. The normalized spacial score (nSPS) is 22.0. The van der Waals surface area contributed by atoms with E-state index in [1.165, 1.54) is 24.5 Å². The van der Waals surface area contributed by atoms with Gasteiger partial charge >= 0.3 is 5.97 Å². The van der Waals surface area contributed by atoms with Crippen LogP contribution in [-0.4, -0.2) is 29.9 Å². The molecule has 2 aliphatic rings. The van der Waals surface area contributed by atoms with Crippen LogP contribution in [-0.2, 0) is 9.53 Å². The van der Waals surface area contributed by atoms with Crippen molar-refractivity contribution in [2.45, 2.75) is 56.7 Å². The predicted molar refractivity (Wildman–Crippen MR) is 104 cm³/mol. The van der Waals surface area contributed by atoms with E-state index >= 15 is 0 Å². The van der Waals surface area contributed by atoms with E-state index in [9.17, 15) is 9.18 Å². The Morgan fingerprint density at radius 1 is 1.04 bits per heavy atom. The fourth-order valence-electron chi connectivity index (χ4n) is 4.10. The largest absolute Gasteiger partial charge is 0.490 e. The van der Waals surface area contributed by atoms with Gasteiger partial charge in [-0.25, -0.2) is 9.18 Å². The molecule has 2 aromatic rings. The molecule has 0 amide bonds. The van der Waals surface area contributed by atoms with Crippen molar-refractivity contribution in [2.24, 2.45) is 0 Å². The zero-order chi connectivity index (χ0) is 19.5. The van der Waals surface area contributed by atoms with E-state index in [0.717, 1.165) is 37.0 Å². The summed E-state index contributed by atoms with van der Waals surface area (Å²) in [6, 6.07) is 12.9. The number of carbonyl (C=O) groups is 1. The Hall–Kier alpha value is -2.40.